The average Bonchev–Trinajstić information content (AvgIpc) is 1.86. The molecule has 6 heteroatoms. The quantitative estimate of drug-likeness (QED) is 0.610. The lowest BCUT2D eigenvalue weighted by Gasteiger charge is -2.05. The van der Waals surface area contributed by atoms with Crippen LogP contribution in [0.5, 0.6) is 0 Å². The Morgan fingerprint density at radius 3 is 2.36 bits per heavy atom. The van der Waals surface area contributed by atoms with Crippen LogP contribution in [0, 0.1) is 0 Å². The van der Waals surface area contributed by atoms with E-state index in [1.54, 1.807) is 0 Å². The molecule has 0 fully saturated rings. The summed E-state index contributed by atoms with van der Waals surface area (Å²) in [5.74, 6) is -1.40. The first-order valence-electron chi connectivity index (χ1n) is 3.03. The minimum Gasteiger partial charge on any atom is -0.480 e. The molecule has 1 N–H and O–H groups in total. The molecule has 0 saturated carbocycles. The molecule has 0 saturated heterocycles. The molecule has 0 rings (SSSR count). The molecule has 0 radical (unpaired) electrons. The van der Waals surface area contributed by atoms with E-state index in [9.17, 15) is 13.2 Å². The molecule has 0 aliphatic heterocycles. The zero-order valence-corrected chi connectivity index (χ0v) is 7.09. The summed E-state index contributed by atoms with van der Waals surface area (Å²) in [5, 5.41) is 6.79. The van der Waals surface area contributed by atoms with E-state index < -0.39 is 21.3 Å². The van der Waals surface area contributed by atoms with Crippen molar-refractivity contribution in [1.29, 1.82) is 0 Å². The van der Waals surface area contributed by atoms with E-state index in [0.29, 0.717) is 0 Å². The van der Waals surface area contributed by atoms with E-state index in [-0.39, 0.29) is 6.61 Å². The number of rotatable bonds is 4. The number of carboxylic acids is 1. The van der Waals surface area contributed by atoms with Gasteiger partial charge in [-0.1, -0.05) is 0 Å². The normalized spacial score (nSPS) is 14.4. The second-order valence-corrected chi connectivity index (χ2v) is 3.81. The van der Waals surface area contributed by atoms with Crippen LogP contribution in [-0.4, -0.2) is 31.4 Å². The van der Waals surface area contributed by atoms with Crippen molar-refractivity contribution in [3.05, 3.63) is 0 Å². The first-order chi connectivity index (χ1) is 4.91. The van der Waals surface area contributed by atoms with Crippen molar-refractivity contribution < 1.29 is 22.5 Å². The van der Waals surface area contributed by atoms with Gasteiger partial charge in [0, 0.05) is 0 Å². The van der Waals surface area contributed by atoms with Gasteiger partial charge in [-0.3, -0.25) is 8.98 Å². The molecule has 5 nitrogen and oxygen atoms in total. The molecule has 0 aromatic rings. The Bertz CT molecular complexity index is 229. The fourth-order valence-corrected chi connectivity index (χ4v) is 1.17. The van der Waals surface area contributed by atoms with Crippen molar-refractivity contribution in [1.82, 2.24) is 0 Å². The van der Waals surface area contributed by atoms with E-state index in [2.05, 4.69) is 4.18 Å². The predicted octanol–water partition coefficient (Wildman–Crippen LogP) is -0.174. The molecule has 0 spiro atoms. The first-order valence-corrected chi connectivity index (χ1v) is 4.50. The largest absolute Gasteiger partial charge is 0.480 e. The van der Waals surface area contributed by atoms with Gasteiger partial charge >= 0.3 is 5.97 Å². The van der Waals surface area contributed by atoms with E-state index in [0.717, 1.165) is 6.92 Å². The Balaban J connectivity index is 4.44. The van der Waals surface area contributed by atoms with Gasteiger partial charge in [-0.15, -0.1) is 0 Å². The maximum atomic E-state index is 10.8. The maximum absolute atomic E-state index is 10.8. The monoisotopic (exact) mass is 182 g/mol. The van der Waals surface area contributed by atoms with Gasteiger partial charge in [0.15, 0.2) is 5.25 Å². The van der Waals surface area contributed by atoms with Crippen LogP contribution >= 0.6 is 0 Å². The lowest BCUT2D eigenvalue weighted by Crippen LogP contribution is -2.28. The van der Waals surface area contributed by atoms with Gasteiger partial charge in [0.05, 0.1) is 6.61 Å². The lowest BCUT2D eigenvalue weighted by atomic mass is 10.5. The van der Waals surface area contributed by atoms with Crippen LogP contribution in [0.15, 0.2) is 0 Å². The minimum atomic E-state index is -3.91. The lowest BCUT2D eigenvalue weighted by molar-refractivity contribution is -0.136. The van der Waals surface area contributed by atoms with Gasteiger partial charge in [-0.2, -0.15) is 8.42 Å². The highest BCUT2D eigenvalue weighted by Crippen LogP contribution is 2.02. The summed E-state index contributed by atoms with van der Waals surface area (Å²) >= 11 is 0. The number of hydrogen-bond donors (Lipinski definition) is 1. The fraction of sp³-hybridized carbons (Fsp3) is 0.800. The van der Waals surface area contributed by atoms with Crippen LogP contribution in [0.2, 0.25) is 0 Å². The SMILES string of the molecule is CCOS(=O)(=O)C(C)C(=O)O. The molecular formula is C5H10O5S. The van der Waals surface area contributed by atoms with Gasteiger partial charge in [-0.05, 0) is 13.8 Å². The van der Waals surface area contributed by atoms with Crippen LogP contribution in [0.1, 0.15) is 13.8 Å². The van der Waals surface area contributed by atoms with Gasteiger partial charge in [0.1, 0.15) is 0 Å². The maximum Gasteiger partial charge on any atom is 0.324 e. The molecule has 0 amide bonds. The van der Waals surface area contributed by atoms with E-state index in [1.807, 2.05) is 0 Å². The number of aliphatic carboxylic acids is 1. The van der Waals surface area contributed by atoms with Crippen molar-refractivity contribution in [3.8, 4) is 0 Å². The highest BCUT2D eigenvalue weighted by molar-refractivity contribution is 7.88. The zero-order valence-electron chi connectivity index (χ0n) is 6.27. The third-order valence-corrected chi connectivity index (χ3v) is 2.69. The second kappa shape index (κ2) is 3.68. The Morgan fingerprint density at radius 2 is 2.09 bits per heavy atom. The first kappa shape index (κ1) is 10.4. The van der Waals surface area contributed by atoms with Gasteiger partial charge in [0.2, 0.25) is 0 Å². The van der Waals surface area contributed by atoms with Crippen LogP contribution < -0.4 is 0 Å². The van der Waals surface area contributed by atoms with Gasteiger partial charge < -0.3 is 5.11 Å². The molecule has 11 heavy (non-hydrogen) atoms. The van der Waals surface area contributed by atoms with Crippen molar-refractivity contribution in [2.45, 2.75) is 19.1 Å². The van der Waals surface area contributed by atoms with E-state index >= 15 is 0 Å². The Kier molecular flexibility index (Phi) is 3.47. The van der Waals surface area contributed by atoms with Crippen LogP contribution in [-0.2, 0) is 19.1 Å². The molecule has 0 bridgehead atoms. The second-order valence-electron chi connectivity index (χ2n) is 1.88. The van der Waals surface area contributed by atoms with Gasteiger partial charge in [0.25, 0.3) is 10.1 Å². The number of hydrogen-bond acceptors (Lipinski definition) is 4. The summed E-state index contributed by atoms with van der Waals surface area (Å²) in [6.45, 7) is 2.50. The van der Waals surface area contributed by atoms with E-state index in [4.69, 9.17) is 5.11 Å². The van der Waals surface area contributed by atoms with Gasteiger partial charge in [-0.25, -0.2) is 0 Å². The molecule has 66 valence electrons. The molecule has 0 aliphatic carbocycles. The van der Waals surface area contributed by atoms with Crippen molar-refractivity contribution >= 4 is 16.1 Å². The summed E-state index contributed by atoms with van der Waals surface area (Å²) in [5.41, 5.74) is 0. The molecule has 1 unspecified atom stereocenters. The standard InChI is InChI=1S/C5H10O5S/c1-3-10-11(8,9)4(2)5(6)7/h4H,3H2,1-2H3,(H,6,7). The molecular weight excluding hydrogens is 172 g/mol. The number of carbonyl (C=O) groups is 1. The van der Waals surface area contributed by atoms with Crippen molar-refractivity contribution in [2.75, 3.05) is 6.61 Å². The molecule has 0 aliphatic rings. The zero-order chi connectivity index (χ0) is 9.07. The summed E-state index contributed by atoms with van der Waals surface area (Å²) in [7, 11) is -3.91. The predicted molar refractivity (Wildman–Crippen MR) is 37.6 cm³/mol. The topological polar surface area (TPSA) is 80.7 Å². The third-order valence-electron chi connectivity index (χ3n) is 1.06. The van der Waals surface area contributed by atoms with Crippen LogP contribution in [0.3, 0.4) is 0 Å². The Morgan fingerprint density at radius 1 is 1.64 bits per heavy atom. The summed E-state index contributed by atoms with van der Waals surface area (Å²) in [4.78, 5) is 10.2. The van der Waals surface area contributed by atoms with Crippen LogP contribution in [0.4, 0.5) is 0 Å². The summed E-state index contributed by atoms with van der Waals surface area (Å²) < 4.78 is 25.8. The number of carboxylic acid groups (broad SMARTS) is 1. The molecule has 1 atom stereocenters. The minimum absolute atomic E-state index is 0.0417. The molecule has 0 aromatic heterocycles. The molecule has 0 heterocycles. The highest BCUT2D eigenvalue weighted by Gasteiger charge is 2.27. The Labute approximate surface area is 65.1 Å². The third kappa shape index (κ3) is 2.85. The summed E-state index contributed by atoms with van der Waals surface area (Å²) in [6.07, 6.45) is 0. The Hall–Kier alpha value is -0.620. The average molecular weight is 182 g/mol. The summed E-state index contributed by atoms with van der Waals surface area (Å²) in [6, 6.07) is 0. The van der Waals surface area contributed by atoms with Crippen molar-refractivity contribution in [2.24, 2.45) is 0 Å². The van der Waals surface area contributed by atoms with E-state index in [1.165, 1.54) is 6.92 Å². The smallest absolute Gasteiger partial charge is 0.324 e. The molecule has 0 aromatic carbocycles. The fourth-order valence-electron chi connectivity index (χ4n) is 0.390. The van der Waals surface area contributed by atoms with Crippen LogP contribution in [0.25, 0.3) is 0 Å². The van der Waals surface area contributed by atoms with Crippen molar-refractivity contribution in [3.63, 3.8) is 0 Å². The highest BCUT2D eigenvalue weighted by atomic mass is 32.2.